The maximum Gasteiger partial charge on any atom is 0.348 e. The van der Waals surface area contributed by atoms with Gasteiger partial charge in [-0.1, -0.05) is 18.2 Å². The van der Waals surface area contributed by atoms with Crippen LogP contribution >= 0.6 is 33.9 Å². The maximum atomic E-state index is 13.3. The molecule has 42 heavy (non-hydrogen) atoms. The largest absolute Gasteiger partial charge is 0.493 e. The van der Waals surface area contributed by atoms with Gasteiger partial charge in [-0.15, -0.1) is 11.3 Å². The number of methoxy groups -OCH3 is 1. The zero-order chi connectivity index (χ0) is 30.8. The lowest BCUT2D eigenvalue weighted by atomic mass is 10.0. The molecular formula is C31H27IN2O7S. The maximum absolute atomic E-state index is 13.3. The van der Waals surface area contributed by atoms with Gasteiger partial charge in [0.15, 0.2) is 17.3 Å². The first-order valence-electron chi connectivity index (χ1n) is 12.8. The average Bonchev–Trinajstić information content (AvgIpc) is 3.30. The zero-order valence-corrected chi connectivity index (χ0v) is 26.4. The molecule has 0 N–H and O–H groups in total. The Morgan fingerprint density at radius 3 is 2.38 bits per heavy atom. The van der Waals surface area contributed by atoms with Crippen molar-refractivity contribution >= 4 is 57.7 Å². The third kappa shape index (κ3) is 7.55. The predicted octanol–water partition coefficient (Wildman–Crippen LogP) is 6.19. The second kappa shape index (κ2) is 15.1. The highest BCUT2D eigenvalue weighted by molar-refractivity contribution is 14.1. The molecule has 9 nitrogen and oxygen atoms in total. The number of ketones is 1. The minimum atomic E-state index is -0.653. The Hall–Kier alpha value is -4.20. The average molecular weight is 699 g/mol. The van der Waals surface area contributed by atoms with Gasteiger partial charge in [0.25, 0.3) is 0 Å². The van der Waals surface area contributed by atoms with E-state index in [1.807, 2.05) is 12.1 Å². The molecule has 11 heteroatoms. The summed E-state index contributed by atoms with van der Waals surface area (Å²) < 4.78 is 22.4. The van der Waals surface area contributed by atoms with E-state index < -0.39 is 17.7 Å². The molecule has 0 spiro atoms. The van der Waals surface area contributed by atoms with Crippen LogP contribution in [-0.2, 0) is 27.3 Å². The fraction of sp³-hybridized carbons (Fsp3) is 0.258. The minimum absolute atomic E-state index is 0.116. The van der Waals surface area contributed by atoms with Gasteiger partial charge in [-0.2, -0.15) is 10.5 Å². The molecule has 3 aromatic rings. The van der Waals surface area contributed by atoms with Crippen molar-refractivity contribution < 1.29 is 33.3 Å². The summed E-state index contributed by atoms with van der Waals surface area (Å²) in [5, 5.41) is 19.2. The first-order valence-corrected chi connectivity index (χ1v) is 14.7. The number of benzene rings is 2. The molecule has 0 saturated heterocycles. The van der Waals surface area contributed by atoms with E-state index in [2.05, 4.69) is 28.7 Å². The van der Waals surface area contributed by atoms with Gasteiger partial charge in [-0.25, -0.2) is 9.59 Å². The number of nitrogens with zero attached hydrogens (tertiary/aromatic N) is 2. The van der Waals surface area contributed by atoms with E-state index in [0.29, 0.717) is 36.6 Å². The summed E-state index contributed by atoms with van der Waals surface area (Å²) in [5.74, 6) is -0.959. The summed E-state index contributed by atoms with van der Waals surface area (Å²) in [6.45, 7) is 5.34. The van der Waals surface area contributed by atoms with Gasteiger partial charge in [-0.05, 0) is 78.8 Å². The molecule has 0 atom stereocenters. The first-order chi connectivity index (χ1) is 20.2. The van der Waals surface area contributed by atoms with E-state index in [1.165, 1.54) is 13.2 Å². The van der Waals surface area contributed by atoms with Gasteiger partial charge in [-0.3, -0.25) is 4.79 Å². The summed E-state index contributed by atoms with van der Waals surface area (Å²) in [6.07, 6.45) is 1.14. The third-order valence-electron chi connectivity index (χ3n) is 5.97. The number of carbonyl (C=O) groups is 3. The van der Waals surface area contributed by atoms with Crippen LogP contribution in [0.5, 0.6) is 11.5 Å². The number of hydrogen-bond donors (Lipinski definition) is 0. The number of thiophene rings is 1. The molecule has 0 aliphatic carbocycles. The SMILES string of the molecule is CCOC(=O)c1sc(CC(=O)C(C#N)=Cc2cc(I)c(OCc3ccccc3C#N)c(OC)c2)c(C(=O)OCC)c1C. The molecule has 0 bridgehead atoms. The smallest absolute Gasteiger partial charge is 0.348 e. The highest BCUT2D eigenvalue weighted by atomic mass is 127. The number of ether oxygens (including phenoxy) is 4. The Morgan fingerprint density at radius 1 is 1.05 bits per heavy atom. The Kier molecular flexibility index (Phi) is 11.7. The van der Waals surface area contributed by atoms with Crippen molar-refractivity contribution in [2.75, 3.05) is 20.3 Å². The molecule has 1 heterocycles. The molecule has 0 aliphatic heterocycles. The van der Waals surface area contributed by atoms with E-state index in [4.69, 9.17) is 18.9 Å². The molecule has 0 aliphatic rings. The van der Waals surface area contributed by atoms with Gasteiger partial charge in [0.2, 0.25) is 0 Å². The van der Waals surface area contributed by atoms with Crippen LogP contribution in [0, 0.1) is 33.2 Å². The number of hydrogen-bond acceptors (Lipinski definition) is 10. The van der Waals surface area contributed by atoms with Crippen molar-refractivity contribution in [3.8, 4) is 23.6 Å². The number of esters is 2. The number of halogens is 1. The van der Waals surface area contributed by atoms with E-state index >= 15 is 0 Å². The van der Waals surface area contributed by atoms with Crippen LogP contribution in [0.15, 0.2) is 42.0 Å². The monoisotopic (exact) mass is 698 g/mol. The molecule has 1 aromatic heterocycles. The summed E-state index contributed by atoms with van der Waals surface area (Å²) in [4.78, 5) is 39.0. The van der Waals surface area contributed by atoms with Crippen LogP contribution in [0.2, 0.25) is 0 Å². The fourth-order valence-corrected chi connectivity index (χ4v) is 5.98. The predicted molar refractivity (Wildman–Crippen MR) is 164 cm³/mol. The van der Waals surface area contributed by atoms with E-state index in [0.717, 1.165) is 16.9 Å². The van der Waals surface area contributed by atoms with Crippen LogP contribution < -0.4 is 9.47 Å². The normalized spacial score (nSPS) is 10.8. The van der Waals surface area contributed by atoms with Gasteiger partial charge >= 0.3 is 11.9 Å². The van der Waals surface area contributed by atoms with E-state index in [-0.39, 0.29) is 42.3 Å². The molecular weight excluding hydrogens is 671 g/mol. The van der Waals surface area contributed by atoms with Crippen LogP contribution in [0.1, 0.15) is 61.0 Å². The van der Waals surface area contributed by atoms with Crippen LogP contribution in [-0.4, -0.2) is 38.0 Å². The van der Waals surface area contributed by atoms with Crippen molar-refractivity contribution in [3.05, 3.63) is 83.1 Å². The highest BCUT2D eigenvalue weighted by Gasteiger charge is 2.28. The Bertz CT molecular complexity index is 1630. The summed E-state index contributed by atoms with van der Waals surface area (Å²) in [6, 6.07) is 14.6. The molecule has 3 rings (SSSR count). The molecule has 0 fully saturated rings. The van der Waals surface area contributed by atoms with Gasteiger partial charge in [0, 0.05) is 16.9 Å². The van der Waals surface area contributed by atoms with Crippen molar-refractivity contribution in [3.63, 3.8) is 0 Å². The number of Topliss-reactive ketones (excluding diaryl/α,β-unsaturated/α-hetero) is 1. The summed E-state index contributed by atoms with van der Waals surface area (Å²) in [7, 11) is 1.47. The topological polar surface area (TPSA) is 136 Å². The standard InChI is InChI=1S/C31H27IN2O7S/c1-5-39-30(36)27-18(3)29(31(37)40-6-2)42-26(27)14-24(35)22(16-34)11-19-12-23(32)28(25(13-19)38-4)41-17-21-10-8-7-9-20(21)15-33/h7-13H,5-6,14,17H2,1-4H3. The van der Waals surface area contributed by atoms with Gasteiger partial charge in [0.1, 0.15) is 17.6 Å². The van der Waals surface area contributed by atoms with Crippen LogP contribution in [0.25, 0.3) is 6.08 Å². The lowest BCUT2D eigenvalue weighted by Gasteiger charge is -2.14. The van der Waals surface area contributed by atoms with Crippen molar-refractivity contribution in [2.24, 2.45) is 0 Å². The summed E-state index contributed by atoms with van der Waals surface area (Å²) in [5.41, 5.74) is 2.09. The Labute approximate surface area is 261 Å². The zero-order valence-electron chi connectivity index (χ0n) is 23.4. The van der Waals surface area contributed by atoms with E-state index in [9.17, 15) is 24.9 Å². The summed E-state index contributed by atoms with van der Waals surface area (Å²) >= 11 is 3.05. The third-order valence-corrected chi connectivity index (χ3v) is 8.05. The minimum Gasteiger partial charge on any atom is -0.493 e. The quantitative estimate of drug-likeness (QED) is 0.0939. The van der Waals surface area contributed by atoms with Gasteiger partial charge < -0.3 is 18.9 Å². The molecule has 0 amide bonds. The van der Waals surface area contributed by atoms with Crippen molar-refractivity contribution in [2.45, 2.75) is 33.8 Å². The number of nitriles is 2. The Balaban J connectivity index is 1.92. The molecule has 0 saturated carbocycles. The van der Waals surface area contributed by atoms with Crippen LogP contribution in [0.4, 0.5) is 0 Å². The fourth-order valence-electron chi connectivity index (χ4n) is 4.01. The van der Waals surface area contributed by atoms with Crippen molar-refractivity contribution in [1.82, 2.24) is 0 Å². The molecule has 216 valence electrons. The second-order valence-electron chi connectivity index (χ2n) is 8.66. The van der Waals surface area contributed by atoms with Crippen molar-refractivity contribution in [1.29, 1.82) is 10.5 Å². The number of carbonyl (C=O) groups excluding carboxylic acids is 3. The molecule has 0 radical (unpaired) electrons. The van der Waals surface area contributed by atoms with Gasteiger partial charge in [0.05, 0.1) is 46.7 Å². The Morgan fingerprint density at radius 2 is 1.74 bits per heavy atom. The number of rotatable bonds is 12. The highest BCUT2D eigenvalue weighted by Crippen LogP contribution is 2.36. The first kappa shape index (κ1) is 32.3. The van der Waals surface area contributed by atoms with E-state index in [1.54, 1.807) is 51.1 Å². The second-order valence-corrected chi connectivity index (χ2v) is 10.9. The lowest BCUT2D eigenvalue weighted by Crippen LogP contribution is -2.12. The lowest BCUT2D eigenvalue weighted by molar-refractivity contribution is -0.114. The van der Waals surface area contributed by atoms with Crippen LogP contribution in [0.3, 0.4) is 0 Å². The molecule has 0 unspecified atom stereocenters. The number of allylic oxidation sites excluding steroid dienone is 1. The molecule has 2 aromatic carbocycles.